The van der Waals surface area contributed by atoms with Crippen molar-refractivity contribution in [1.29, 1.82) is 5.26 Å². The summed E-state index contributed by atoms with van der Waals surface area (Å²) in [4.78, 5) is 5.50. The molecule has 0 amide bonds. The molecule has 4 heteroatoms. The van der Waals surface area contributed by atoms with Crippen molar-refractivity contribution in [3.63, 3.8) is 0 Å². The Labute approximate surface area is 80.6 Å². The van der Waals surface area contributed by atoms with Crippen molar-refractivity contribution >= 4 is 23.6 Å². The smallest absolute Gasteiger partial charge is 0.106 e. The van der Waals surface area contributed by atoms with Gasteiger partial charge in [0.2, 0.25) is 0 Å². The molecule has 1 aromatic rings. The Bertz CT molecular complexity index is 346. The van der Waals surface area contributed by atoms with Crippen LogP contribution in [0.25, 0.3) is 6.08 Å². The summed E-state index contributed by atoms with van der Waals surface area (Å²) >= 11 is 1.57. The van der Waals surface area contributed by atoms with E-state index in [2.05, 4.69) is 9.99 Å². The van der Waals surface area contributed by atoms with E-state index in [0.717, 1.165) is 4.88 Å². The molecular formula is C9H8N2OS. The molecule has 0 unspecified atom stereocenters. The molecule has 1 heterocycles. The maximum absolute atomic E-state index is 8.69. The molecule has 1 aromatic heterocycles. The van der Waals surface area contributed by atoms with Gasteiger partial charge >= 0.3 is 0 Å². The van der Waals surface area contributed by atoms with Gasteiger partial charge in [-0.3, -0.25) is 0 Å². The minimum atomic E-state index is 0.476. The Morgan fingerprint density at radius 3 is 3.15 bits per heavy atom. The zero-order chi connectivity index (χ0) is 9.52. The molecule has 0 spiro atoms. The molecule has 0 aliphatic rings. The predicted octanol–water partition coefficient (Wildman–Crippen LogP) is 2.29. The molecule has 0 aliphatic heterocycles. The Kier molecular flexibility index (Phi) is 3.74. The SMILES string of the molecule is CON=CC(C#N)=Cc1cccs1. The van der Waals surface area contributed by atoms with Crippen LogP contribution >= 0.6 is 11.3 Å². The van der Waals surface area contributed by atoms with Gasteiger partial charge in [-0.15, -0.1) is 11.3 Å². The quantitative estimate of drug-likeness (QED) is 0.419. The van der Waals surface area contributed by atoms with Crippen LogP contribution in [0.2, 0.25) is 0 Å². The second-order valence-corrected chi connectivity index (χ2v) is 3.12. The summed E-state index contributed by atoms with van der Waals surface area (Å²) in [6, 6.07) is 5.88. The Morgan fingerprint density at radius 1 is 1.77 bits per heavy atom. The third-order valence-corrected chi connectivity index (χ3v) is 2.09. The van der Waals surface area contributed by atoms with Gasteiger partial charge in [0.1, 0.15) is 13.2 Å². The normalized spacial score (nSPS) is 11.5. The van der Waals surface area contributed by atoms with Gasteiger partial charge in [0.15, 0.2) is 0 Å². The van der Waals surface area contributed by atoms with Gasteiger partial charge < -0.3 is 4.84 Å². The molecule has 0 N–H and O–H groups in total. The van der Waals surface area contributed by atoms with Crippen LogP contribution in [0, 0.1) is 11.3 Å². The average molecular weight is 192 g/mol. The molecule has 3 nitrogen and oxygen atoms in total. The number of allylic oxidation sites excluding steroid dienone is 1. The van der Waals surface area contributed by atoms with E-state index >= 15 is 0 Å². The fraction of sp³-hybridized carbons (Fsp3) is 0.111. The lowest BCUT2D eigenvalue weighted by molar-refractivity contribution is 0.215. The van der Waals surface area contributed by atoms with Gasteiger partial charge in [-0.05, 0) is 17.5 Å². The predicted molar refractivity (Wildman–Crippen MR) is 53.4 cm³/mol. The molecule has 0 saturated heterocycles. The standard InChI is InChI=1S/C9H8N2OS/c1-12-11-7-8(6-10)5-9-3-2-4-13-9/h2-5,7H,1H3. The van der Waals surface area contributed by atoms with E-state index in [1.54, 1.807) is 17.4 Å². The molecular weight excluding hydrogens is 184 g/mol. The van der Waals surface area contributed by atoms with Crippen molar-refractivity contribution in [3.8, 4) is 6.07 Å². The Hall–Kier alpha value is -1.60. The van der Waals surface area contributed by atoms with Gasteiger partial charge in [-0.1, -0.05) is 11.2 Å². The summed E-state index contributed by atoms with van der Waals surface area (Å²) in [5.74, 6) is 0. The number of nitriles is 1. The third kappa shape index (κ3) is 3.09. The lowest BCUT2D eigenvalue weighted by Gasteiger charge is -1.86. The fourth-order valence-corrected chi connectivity index (χ4v) is 1.40. The van der Waals surface area contributed by atoms with Crippen molar-refractivity contribution in [1.82, 2.24) is 0 Å². The first-order valence-electron chi connectivity index (χ1n) is 3.58. The maximum Gasteiger partial charge on any atom is 0.106 e. The summed E-state index contributed by atoms with van der Waals surface area (Å²) < 4.78 is 0. The minimum absolute atomic E-state index is 0.476. The van der Waals surface area contributed by atoms with Gasteiger partial charge in [0.25, 0.3) is 0 Å². The lowest BCUT2D eigenvalue weighted by atomic mass is 10.3. The van der Waals surface area contributed by atoms with Crippen LogP contribution in [-0.4, -0.2) is 13.3 Å². The zero-order valence-electron chi connectivity index (χ0n) is 7.10. The lowest BCUT2D eigenvalue weighted by Crippen LogP contribution is -1.80. The number of hydrogen-bond donors (Lipinski definition) is 0. The van der Waals surface area contributed by atoms with Gasteiger partial charge in [0.05, 0.1) is 11.8 Å². The second-order valence-electron chi connectivity index (χ2n) is 2.14. The van der Waals surface area contributed by atoms with E-state index in [1.165, 1.54) is 13.3 Å². The summed E-state index contributed by atoms with van der Waals surface area (Å²) in [5, 5.41) is 14.2. The molecule has 0 aliphatic carbocycles. The first-order valence-corrected chi connectivity index (χ1v) is 4.46. The Balaban J connectivity index is 2.79. The average Bonchev–Trinajstić information content (AvgIpc) is 2.64. The highest BCUT2D eigenvalue weighted by atomic mass is 32.1. The van der Waals surface area contributed by atoms with E-state index in [4.69, 9.17) is 5.26 Å². The van der Waals surface area contributed by atoms with Crippen molar-refractivity contribution in [2.45, 2.75) is 0 Å². The molecule has 1 rings (SSSR count). The number of nitrogens with zero attached hydrogens (tertiary/aromatic N) is 2. The summed E-state index contributed by atoms with van der Waals surface area (Å²) in [7, 11) is 1.44. The minimum Gasteiger partial charge on any atom is -0.399 e. The highest BCUT2D eigenvalue weighted by molar-refractivity contribution is 7.10. The molecule has 0 saturated carbocycles. The number of hydrogen-bond acceptors (Lipinski definition) is 4. The second kappa shape index (κ2) is 5.12. The third-order valence-electron chi connectivity index (χ3n) is 1.27. The van der Waals surface area contributed by atoms with Crippen molar-refractivity contribution in [3.05, 3.63) is 28.0 Å². The maximum atomic E-state index is 8.69. The van der Waals surface area contributed by atoms with Crippen LogP contribution in [0.5, 0.6) is 0 Å². The molecule has 0 radical (unpaired) electrons. The number of thiophene rings is 1. The first kappa shape index (κ1) is 9.49. The molecule has 0 aromatic carbocycles. The topological polar surface area (TPSA) is 45.4 Å². The van der Waals surface area contributed by atoms with E-state index in [1.807, 2.05) is 23.6 Å². The summed E-state index contributed by atoms with van der Waals surface area (Å²) in [6.07, 6.45) is 3.15. The van der Waals surface area contributed by atoms with E-state index in [0.29, 0.717) is 5.57 Å². The zero-order valence-corrected chi connectivity index (χ0v) is 7.91. The molecule has 13 heavy (non-hydrogen) atoms. The van der Waals surface area contributed by atoms with Crippen LogP contribution < -0.4 is 0 Å². The molecule has 0 fully saturated rings. The highest BCUT2D eigenvalue weighted by Crippen LogP contribution is 2.12. The molecule has 0 bridgehead atoms. The highest BCUT2D eigenvalue weighted by Gasteiger charge is 1.92. The fourth-order valence-electron chi connectivity index (χ4n) is 0.735. The number of oxime groups is 1. The van der Waals surface area contributed by atoms with E-state index in [-0.39, 0.29) is 0 Å². The van der Waals surface area contributed by atoms with Crippen LogP contribution in [0.15, 0.2) is 28.2 Å². The summed E-state index contributed by atoms with van der Waals surface area (Å²) in [5.41, 5.74) is 0.476. The van der Waals surface area contributed by atoms with Crippen molar-refractivity contribution in [2.24, 2.45) is 5.16 Å². The largest absolute Gasteiger partial charge is 0.399 e. The van der Waals surface area contributed by atoms with E-state index in [9.17, 15) is 0 Å². The van der Waals surface area contributed by atoms with Crippen molar-refractivity contribution < 1.29 is 4.84 Å². The van der Waals surface area contributed by atoms with Crippen LogP contribution in [0.4, 0.5) is 0 Å². The molecule has 0 atom stereocenters. The van der Waals surface area contributed by atoms with Crippen molar-refractivity contribution in [2.75, 3.05) is 7.11 Å². The van der Waals surface area contributed by atoms with Gasteiger partial charge in [0, 0.05) is 4.88 Å². The molecule has 66 valence electrons. The summed E-state index contributed by atoms with van der Waals surface area (Å²) in [6.45, 7) is 0. The first-order chi connectivity index (χ1) is 6.36. The van der Waals surface area contributed by atoms with Crippen LogP contribution in [0.3, 0.4) is 0 Å². The van der Waals surface area contributed by atoms with Gasteiger partial charge in [-0.2, -0.15) is 5.26 Å². The number of rotatable bonds is 3. The monoisotopic (exact) mass is 192 g/mol. The van der Waals surface area contributed by atoms with E-state index < -0.39 is 0 Å². The van der Waals surface area contributed by atoms with Crippen LogP contribution in [-0.2, 0) is 4.84 Å². The van der Waals surface area contributed by atoms with Gasteiger partial charge in [-0.25, -0.2) is 0 Å². The Morgan fingerprint density at radius 2 is 2.62 bits per heavy atom. The van der Waals surface area contributed by atoms with Crippen LogP contribution in [0.1, 0.15) is 4.88 Å².